The zero-order chi connectivity index (χ0) is 15.8. The maximum absolute atomic E-state index is 11.2. The first-order chi connectivity index (χ1) is 9.96. The van der Waals surface area contributed by atoms with Gasteiger partial charge in [0.25, 0.3) is 5.91 Å². The van der Waals surface area contributed by atoms with E-state index in [1.165, 1.54) is 0 Å². The van der Waals surface area contributed by atoms with Crippen molar-refractivity contribution >= 4 is 5.91 Å². The summed E-state index contributed by atoms with van der Waals surface area (Å²) in [6.45, 7) is 15.1. The van der Waals surface area contributed by atoms with Crippen LogP contribution in [-0.2, 0) is 14.3 Å². The molecule has 2 atom stereocenters. The summed E-state index contributed by atoms with van der Waals surface area (Å²) >= 11 is 0. The molecular formula is C16H28N2O3. The summed E-state index contributed by atoms with van der Waals surface area (Å²) < 4.78 is 10.9. The summed E-state index contributed by atoms with van der Waals surface area (Å²) in [5.74, 6) is -0.0383. The maximum Gasteiger partial charge on any atom is 0.252 e. The summed E-state index contributed by atoms with van der Waals surface area (Å²) in [4.78, 5) is 11.2. The molecule has 120 valence electrons. The van der Waals surface area contributed by atoms with E-state index in [9.17, 15) is 4.79 Å². The quantitative estimate of drug-likeness (QED) is 0.770. The molecule has 0 aromatic carbocycles. The summed E-state index contributed by atoms with van der Waals surface area (Å²) in [7, 11) is 0. The van der Waals surface area contributed by atoms with E-state index in [2.05, 4.69) is 30.7 Å². The van der Waals surface area contributed by atoms with E-state index in [4.69, 9.17) is 9.47 Å². The van der Waals surface area contributed by atoms with Gasteiger partial charge in [0.15, 0.2) is 0 Å². The highest BCUT2D eigenvalue weighted by Gasteiger charge is 2.35. The van der Waals surface area contributed by atoms with Crippen LogP contribution in [0.25, 0.3) is 0 Å². The van der Waals surface area contributed by atoms with Gasteiger partial charge in [-0.25, -0.2) is 0 Å². The van der Waals surface area contributed by atoms with Crippen molar-refractivity contribution < 1.29 is 14.3 Å². The first-order valence-electron chi connectivity index (χ1n) is 7.44. The first-order valence-corrected chi connectivity index (χ1v) is 7.44. The number of hydrogen-bond acceptors (Lipinski definition) is 4. The number of carbonyl (C=O) groups is 1. The van der Waals surface area contributed by atoms with Gasteiger partial charge in [0.2, 0.25) is 0 Å². The number of ether oxygens (including phenoxy) is 2. The molecule has 0 aromatic rings. The largest absolute Gasteiger partial charge is 0.372 e. The van der Waals surface area contributed by atoms with Gasteiger partial charge < -0.3 is 20.1 Å². The molecule has 2 rings (SSSR count). The molecule has 0 saturated carbocycles. The van der Waals surface area contributed by atoms with Crippen molar-refractivity contribution in [3.8, 4) is 0 Å². The van der Waals surface area contributed by atoms with Gasteiger partial charge in [-0.05, 0) is 20.3 Å². The van der Waals surface area contributed by atoms with Gasteiger partial charge in [-0.15, -0.1) is 13.2 Å². The second-order valence-corrected chi connectivity index (χ2v) is 5.80. The fraction of sp³-hybridized carbons (Fsp3) is 0.688. The highest BCUT2D eigenvalue weighted by atomic mass is 16.5. The Morgan fingerprint density at radius 2 is 1.81 bits per heavy atom. The zero-order valence-electron chi connectivity index (χ0n) is 13.2. The molecule has 0 radical (unpaired) electrons. The number of carbonyl (C=O) groups excluding carboxylic acids is 1. The highest BCUT2D eigenvalue weighted by Crippen LogP contribution is 2.18. The third-order valence-electron chi connectivity index (χ3n) is 3.63. The SMILES string of the molecule is C=CC[C@@]1(C)CNCCO1.C=CC[C@]1(C)OCCNC1=O. The van der Waals surface area contributed by atoms with Crippen molar-refractivity contribution in [1.82, 2.24) is 10.6 Å². The molecule has 2 saturated heterocycles. The van der Waals surface area contributed by atoms with Crippen LogP contribution >= 0.6 is 0 Å². The van der Waals surface area contributed by atoms with Crippen LogP contribution < -0.4 is 10.6 Å². The standard InChI is InChI=1S/C8H13NO2.C8H15NO/c1-3-4-8(2)7(10)9-5-6-11-8;1-3-4-8(2)7-9-5-6-10-8/h3H,1,4-6H2,2H3,(H,9,10);3,9H,1,4-7H2,2H3/t2*8-/m00/s1. The zero-order valence-corrected chi connectivity index (χ0v) is 13.2. The van der Waals surface area contributed by atoms with Gasteiger partial charge in [0.1, 0.15) is 5.60 Å². The lowest BCUT2D eigenvalue weighted by molar-refractivity contribution is -0.151. The number of rotatable bonds is 4. The molecule has 21 heavy (non-hydrogen) atoms. The van der Waals surface area contributed by atoms with E-state index in [1.54, 1.807) is 13.0 Å². The van der Waals surface area contributed by atoms with Crippen molar-refractivity contribution in [1.29, 1.82) is 0 Å². The molecule has 0 spiro atoms. The predicted molar refractivity (Wildman–Crippen MR) is 84.2 cm³/mol. The fourth-order valence-corrected chi connectivity index (χ4v) is 2.33. The van der Waals surface area contributed by atoms with Crippen molar-refractivity contribution in [2.75, 3.05) is 32.8 Å². The number of morpholine rings is 2. The van der Waals surface area contributed by atoms with Gasteiger partial charge in [0.05, 0.1) is 18.8 Å². The van der Waals surface area contributed by atoms with E-state index < -0.39 is 5.60 Å². The lowest BCUT2D eigenvalue weighted by Gasteiger charge is -2.33. The molecule has 2 N–H and O–H groups in total. The fourth-order valence-electron chi connectivity index (χ4n) is 2.33. The Kier molecular flexibility index (Phi) is 7.08. The van der Waals surface area contributed by atoms with Crippen LogP contribution in [0.1, 0.15) is 26.7 Å². The van der Waals surface area contributed by atoms with Crippen molar-refractivity contribution in [3.05, 3.63) is 25.3 Å². The van der Waals surface area contributed by atoms with Crippen molar-refractivity contribution in [2.24, 2.45) is 0 Å². The Morgan fingerprint density at radius 3 is 2.33 bits per heavy atom. The van der Waals surface area contributed by atoms with Gasteiger partial charge >= 0.3 is 0 Å². The average Bonchev–Trinajstić information content (AvgIpc) is 2.44. The van der Waals surface area contributed by atoms with Crippen molar-refractivity contribution in [2.45, 2.75) is 37.9 Å². The van der Waals surface area contributed by atoms with Gasteiger partial charge in [-0.1, -0.05) is 12.2 Å². The molecular weight excluding hydrogens is 268 g/mol. The Bertz CT molecular complexity index is 365. The van der Waals surface area contributed by atoms with E-state index in [0.717, 1.165) is 26.1 Å². The molecule has 2 aliphatic rings. The van der Waals surface area contributed by atoms with Crippen LogP contribution in [-0.4, -0.2) is 50.0 Å². The van der Waals surface area contributed by atoms with Gasteiger partial charge in [0, 0.05) is 26.1 Å². The summed E-state index contributed by atoms with van der Waals surface area (Å²) in [6, 6.07) is 0. The summed E-state index contributed by atoms with van der Waals surface area (Å²) in [6.07, 6.45) is 5.11. The number of amides is 1. The molecule has 5 nitrogen and oxygen atoms in total. The van der Waals surface area contributed by atoms with E-state index >= 15 is 0 Å². The van der Waals surface area contributed by atoms with E-state index in [-0.39, 0.29) is 11.5 Å². The smallest absolute Gasteiger partial charge is 0.252 e. The molecule has 2 heterocycles. The molecule has 0 aromatic heterocycles. The summed E-state index contributed by atoms with van der Waals surface area (Å²) in [5.41, 5.74) is -0.681. The van der Waals surface area contributed by atoms with E-state index in [0.29, 0.717) is 19.6 Å². The topological polar surface area (TPSA) is 59.6 Å². The van der Waals surface area contributed by atoms with Crippen LogP contribution in [0.15, 0.2) is 25.3 Å². The molecule has 0 aliphatic carbocycles. The Balaban J connectivity index is 0.000000211. The third kappa shape index (κ3) is 5.61. The molecule has 2 aliphatic heterocycles. The van der Waals surface area contributed by atoms with Crippen LogP contribution in [0.5, 0.6) is 0 Å². The van der Waals surface area contributed by atoms with Gasteiger partial charge in [-0.2, -0.15) is 0 Å². The minimum absolute atomic E-state index is 0. The molecule has 1 amide bonds. The second kappa shape index (κ2) is 8.32. The predicted octanol–water partition coefficient (Wildman–Crippen LogP) is 1.41. The number of nitrogens with one attached hydrogen (secondary N) is 2. The van der Waals surface area contributed by atoms with Crippen LogP contribution in [0.2, 0.25) is 0 Å². The Morgan fingerprint density at radius 1 is 1.14 bits per heavy atom. The minimum Gasteiger partial charge on any atom is -0.372 e. The normalized spacial score (nSPS) is 32.4. The van der Waals surface area contributed by atoms with E-state index in [1.807, 2.05) is 6.08 Å². The maximum atomic E-state index is 11.2. The first kappa shape index (κ1) is 17.9. The second-order valence-electron chi connectivity index (χ2n) is 5.80. The molecule has 0 unspecified atom stereocenters. The monoisotopic (exact) mass is 296 g/mol. The molecule has 0 bridgehead atoms. The summed E-state index contributed by atoms with van der Waals surface area (Å²) in [5, 5.41) is 6.03. The van der Waals surface area contributed by atoms with Crippen LogP contribution in [0.3, 0.4) is 0 Å². The minimum atomic E-state index is -0.681. The Labute approximate surface area is 127 Å². The lowest BCUT2D eigenvalue weighted by atomic mass is 10.00. The molecule has 2 fully saturated rings. The van der Waals surface area contributed by atoms with Crippen LogP contribution in [0, 0.1) is 0 Å². The molecule has 5 heteroatoms. The van der Waals surface area contributed by atoms with Crippen molar-refractivity contribution in [3.63, 3.8) is 0 Å². The highest BCUT2D eigenvalue weighted by molar-refractivity contribution is 5.85. The lowest BCUT2D eigenvalue weighted by Crippen LogP contribution is -2.52. The van der Waals surface area contributed by atoms with Gasteiger partial charge in [-0.3, -0.25) is 4.79 Å². The third-order valence-corrected chi connectivity index (χ3v) is 3.63. The van der Waals surface area contributed by atoms with Crippen LogP contribution in [0.4, 0.5) is 0 Å². The number of hydrogen-bond donors (Lipinski definition) is 2. The Hall–Kier alpha value is -1.17. The average molecular weight is 296 g/mol.